The fourth-order valence-electron chi connectivity index (χ4n) is 2.81. The predicted octanol–water partition coefficient (Wildman–Crippen LogP) is 4.37. The lowest BCUT2D eigenvalue weighted by Crippen LogP contribution is -2.27. The molecule has 0 saturated carbocycles. The third kappa shape index (κ3) is 4.86. The van der Waals surface area contributed by atoms with Crippen LogP contribution >= 0.6 is 11.3 Å². The molecular weight excluding hydrogens is 404 g/mol. The number of rotatable bonds is 7. The smallest absolute Gasteiger partial charge is 0.264 e. The van der Waals surface area contributed by atoms with Crippen molar-refractivity contribution in [3.8, 4) is 0 Å². The highest BCUT2D eigenvalue weighted by atomic mass is 32.2. The van der Waals surface area contributed by atoms with Crippen LogP contribution in [0.4, 0.5) is 5.69 Å². The second-order valence-electron chi connectivity index (χ2n) is 6.74. The topological polar surface area (TPSA) is 66.5 Å². The van der Waals surface area contributed by atoms with Crippen molar-refractivity contribution in [2.24, 2.45) is 0 Å². The SMILES string of the molecule is CCc1ccc(CNC(=O)c2ccc(N(C)S(=O)(=O)c3ccc(C)cc3)cc2)s1. The molecule has 0 saturated heterocycles. The number of hydrogen-bond acceptors (Lipinski definition) is 4. The summed E-state index contributed by atoms with van der Waals surface area (Å²) in [5, 5.41) is 2.90. The molecule has 2 aromatic carbocycles. The Morgan fingerprint density at radius 3 is 2.17 bits per heavy atom. The number of carbonyl (C=O) groups excluding carboxylic acids is 1. The Morgan fingerprint density at radius 2 is 1.59 bits per heavy atom. The van der Waals surface area contributed by atoms with Crippen LogP contribution in [0.2, 0.25) is 0 Å². The minimum atomic E-state index is -3.65. The molecule has 0 radical (unpaired) electrons. The third-order valence-electron chi connectivity index (χ3n) is 4.66. The Labute approximate surface area is 176 Å². The van der Waals surface area contributed by atoms with Gasteiger partial charge in [0.25, 0.3) is 15.9 Å². The standard InChI is InChI=1S/C22H24N2O3S2/c1-4-19-11-12-20(28-19)15-23-22(25)17-7-9-18(10-8-17)24(3)29(26,27)21-13-5-16(2)6-14-21/h5-14H,4,15H2,1-3H3,(H,23,25). The molecule has 1 amide bonds. The Hall–Kier alpha value is -2.64. The zero-order valence-electron chi connectivity index (χ0n) is 16.7. The van der Waals surface area contributed by atoms with Crippen LogP contribution in [0, 0.1) is 6.92 Å². The predicted molar refractivity (Wildman–Crippen MR) is 118 cm³/mol. The minimum absolute atomic E-state index is 0.188. The molecule has 1 N–H and O–H groups in total. The first-order valence-corrected chi connectivity index (χ1v) is 11.6. The Bertz CT molecular complexity index is 1090. The fraction of sp³-hybridized carbons (Fsp3) is 0.227. The molecule has 0 aliphatic carbocycles. The van der Waals surface area contributed by atoms with Crippen molar-refractivity contribution in [3.63, 3.8) is 0 Å². The summed E-state index contributed by atoms with van der Waals surface area (Å²) in [6, 6.07) is 17.4. The molecule has 0 bridgehead atoms. The van der Waals surface area contributed by atoms with Crippen LogP contribution < -0.4 is 9.62 Å². The van der Waals surface area contributed by atoms with Crippen LogP contribution in [0.3, 0.4) is 0 Å². The van der Waals surface area contributed by atoms with Gasteiger partial charge in [0, 0.05) is 22.4 Å². The second-order valence-corrected chi connectivity index (χ2v) is 9.96. The maximum atomic E-state index is 12.8. The lowest BCUT2D eigenvalue weighted by molar-refractivity contribution is 0.0951. The van der Waals surface area contributed by atoms with Gasteiger partial charge >= 0.3 is 0 Å². The van der Waals surface area contributed by atoms with Gasteiger partial charge in [0.2, 0.25) is 0 Å². The van der Waals surface area contributed by atoms with E-state index in [2.05, 4.69) is 18.3 Å². The van der Waals surface area contributed by atoms with Gasteiger partial charge < -0.3 is 5.32 Å². The number of hydrogen-bond donors (Lipinski definition) is 1. The molecule has 1 aromatic heterocycles. The van der Waals surface area contributed by atoms with Gasteiger partial charge in [0.1, 0.15) is 0 Å². The van der Waals surface area contributed by atoms with Gasteiger partial charge in [-0.05, 0) is 61.9 Å². The monoisotopic (exact) mass is 428 g/mol. The van der Waals surface area contributed by atoms with Gasteiger partial charge in [-0.25, -0.2) is 8.42 Å². The van der Waals surface area contributed by atoms with E-state index in [0.29, 0.717) is 17.8 Å². The van der Waals surface area contributed by atoms with E-state index in [1.165, 1.54) is 16.2 Å². The van der Waals surface area contributed by atoms with E-state index in [9.17, 15) is 13.2 Å². The van der Waals surface area contributed by atoms with Crippen LogP contribution in [-0.4, -0.2) is 21.4 Å². The minimum Gasteiger partial charge on any atom is -0.347 e. The number of amides is 1. The lowest BCUT2D eigenvalue weighted by Gasteiger charge is -2.20. The summed E-state index contributed by atoms with van der Waals surface area (Å²) >= 11 is 1.69. The molecule has 0 atom stereocenters. The molecule has 152 valence electrons. The van der Waals surface area contributed by atoms with E-state index in [1.54, 1.807) is 59.9 Å². The molecule has 3 rings (SSSR count). The molecule has 0 spiro atoms. The summed E-state index contributed by atoms with van der Waals surface area (Å²) in [4.78, 5) is 15.0. The van der Waals surface area contributed by atoms with E-state index in [0.717, 1.165) is 16.9 Å². The van der Waals surface area contributed by atoms with Crippen LogP contribution in [0.15, 0.2) is 65.6 Å². The number of anilines is 1. The lowest BCUT2D eigenvalue weighted by atomic mass is 10.2. The summed E-state index contributed by atoms with van der Waals surface area (Å²) < 4.78 is 26.8. The molecule has 5 nitrogen and oxygen atoms in total. The Morgan fingerprint density at radius 1 is 0.966 bits per heavy atom. The van der Waals surface area contributed by atoms with E-state index in [-0.39, 0.29) is 10.8 Å². The van der Waals surface area contributed by atoms with Crippen LogP contribution in [0.5, 0.6) is 0 Å². The molecule has 3 aromatic rings. The third-order valence-corrected chi connectivity index (χ3v) is 7.69. The molecular formula is C22H24N2O3S2. The van der Waals surface area contributed by atoms with E-state index in [4.69, 9.17) is 0 Å². The largest absolute Gasteiger partial charge is 0.347 e. The van der Waals surface area contributed by atoms with Gasteiger partial charge in [-0.1, -0.05) is 24.6 Å². The average molecular weight is 429 g/mol. The first-order valence-electron chi connectivity index (χ1n) is 9.32. The van der Waals surface area contributed by atoms with E-state index in [1.807, 2.05) is 13.0 Å². The van der Waals surface area contributed by atoms with Crippen LogP contribution in [-0.2, 0) is 23.0 Å². The van der Waals surface area contributed by atoms with Gasteiger partial charge in [-0.15, -0.1) is 11.3 Å². The summed E-state index contributed by atoms with van der Waals surface area (Å²) in [7, 11) is -2.15. The number of nitrogens with one attached hydrogen (secondary N) is 1. The summed E-state index contributed by atoms with van der Waals surface area (Å²) in [6.07, 6.45) is 0.985. The summed E-state index contributed by atoms with van der Waals surface area (Å²) in [6.45, 7) is 4.49. The van der Waals surface area contributed by atoms with Crippen molar-refractivity contribution in [2.75, 3.05) is 11.4 Å². The Kier molecular flexibility index (Phi) is 6.39. The number of benzene rings is 2. The highest BCUT2D eigenvalue weighted by molar-refractivity contribution is 7.92. The fourth-order valence-corrected chi connectivity index (χ4v) is 4.90. The van der Waals surface area contributed by atoms with Crippen LogP contribution in [0.25, 0.3) is 0 Å². The number of carbonyl (C=O) groups is 1. The zero-order chi connectivity index (χ0) is 21.0. The van der Waals surface area contributed by atoms with Crippen molar-refractivity contribution in [2.45, 2.75) is 31.7 Å². The molecule has 29 heavy (non-hydrogen) atoms. The highest BCUT2D eigenvalue weighted by Crippen LogP contribution is 2.23. The maximum absolute atomic E-state index is 12.8. The van der Waals surface area contributed by atoms with Gasteiger partial charge in [-0.3, -0.25) is 9.10 Å². The number of aryl methyl sites for hydroxylation is 2. The zero-order valence-corrected chi connectivity index (χ0v) is 18.3. The first kappa shape index (κ1) is 21.1. The molecule has 0 fully saturated rings. The Balaban J connectivity index is 1.68. The first-order chi connectivity index (χ1) is 13.8. The summed E-state index contributed by atoms with van der Waals surface area (Å²) in [5.41, 5.74) is 1.98. The van der Waals surface area contributed by atoms with Crippen molar-refractivity contribution >= 4 is 33.0 Å². The summed E-state index contributed by atoms with van der Waals surface area (Å²) in [5.74, 6) is -0.188. The molecule has 7 heteroatoms. The maximum Gasteiger partial charge on any atom is 0.264 e. The molecule has 1 heterocycles. The average Bonchev–Trinajstić information content (AvgIpc) is 3.20. The highest BCUT2D eigenvalue weighted by Gasteiger charge is 2.21. The van der Waals surface area contributed by atoms with Crippen molar-refractivity contribution in [1.82, 2.24) is 5.32 Å². The number of thiophene rings is 1. The van der Waals surface area contributed by atoms with E-state index < -0.39 is 10.0 Å². The molecule has 0 aliphatic heterocycles. The van der Waals surface area contributed by atoms with Gasteiger partial charge in [0.05, 0.1) is 17.1 Å². The van der Waals surface area contributed by atoms with E-state index >= 15 is 0 Å². The van der Waals surface area contributed by atoms with Gasteiger partial charge in [-0.2, -0.15) is 0 Å². The normalized spacial score (nSPS) is 11.3. The molecule has 0 unspecified atom stereocenters. The quantitative estimate of drug-likeness (QED) is 0.607. The van der Waals surface area contributed by atoms with Crippen LogP contribution in [0.1, 0.15) is 32.6 Å². The number of nitrogens with zero attached hydrogens (tertiary/aromatic N) is 1. The van der Waals surface area contributed by atoms with Crippen molar-refractivity contribution < 1.29 is 13.2 Å². The second kappa shape index (κ2) is 8.80. The van der Waals surface area contributed by atoms with Crippen molar-refractivity contribution in [3.05, 3.63) is 81.5 Å². The van der Waals surface area contributed by atoms with Gasteiger partial charge in [0.15, 0.2) is 0 Å². The number of sulfonamides is 1. The van der Waals surface area contributed by atoms with Crippen molar-refractivity contribution in [1.29, 1.82) is 0 Å². The molecule has 0 aliphatic rings.